The van der Waals surface area contributed by atoms with E-state index in [1.54, 1.807) is 12.1 Å². The average Bonchev–Trinajstić information content (AvgIpc) is 2.80. The molecule has 0 amide bonds. The van der Waals surface area contributed by atoms with Crippen LogP contribution in [0.15, 0.2) is 24.3 Å². The maximum absolute atomic E-state index is 10.8. The molecule has 2 rings (SSSR count). The zero-order valence-electron chi connectivity index (χ0n) is 10.8. The molecule has 8 nitrogen and oxygen atoms in total. The lowest BCUT2D eigenvalue weighted by Crippen LogP contribution is -2.07. The van der Waals surface area contributed by atoms with E-state index in [0.717, 1.165) is 0 Å². The Morgan fingerprint density at radius 1 is 1.50 bits per heavy atom. The Morgan fingerprint density at radius 3 is 2.85 bits per heavy atom. The summed E-state index contributed by atoms with van der Waals surface area (Å²) in [6, 6.07) is 6.10. The van der Waals surface area contributed by atoms with E-state index in [4.69, 9.17) is 15.6 Å². The summed E-state index contributed by atoms with van der Waals surface area (Å²) in [6.07, 6.45) is 0. The molecular formula is C12H14N4O4. The van der Waals surface area contributed by atoms with Crippen molar-refractivity contribution in [2.24, 2.45) is 0 Å². The quantitative estimate of drug-likeness (QED) is 0.623. The third-order valence-corrected chi connectivity index (χ3v) is 2.80. The van der Waals surface area contributed by atoms with E-state index < -0.39 is 4.92 Å². The number of methoxy groups -OCH3 is 1. The Balaban J connectivity index is 2.43. The molecular weight excluding hydrogens is 264 g/mol. The smallest absolute Gasteiger partial charge is 0.310 e. The van der Waals surface area contributed by atoms with Crippen LogP contribution in [0, 0.1) is 10.1 Å². The zero-order valence-corrected chi connectivity index (χ0v) is 10.8. The summed E-state index contributed by atoms with van der Waals surface area (Å²) in [5.74, 6) is 0.564. The molecule has 0 aliphatic heterocycles. The van der Waals surface area contributed by atoms with Gasteiger partial charge in [0.25, 0.3) is 0 Å². The minimum atomic E-state index is -0.513. The van der Waals surface area contributed by atoms with Crippen LogP contribution in [0.25, 0.3) is 11.3 Å². The van der Waals surface area contributed by atoms with Crippen LogP contribution in [-0.2, 0) is 6.54 Å². The number of aliphatic hydroxyl groups excluding tert-OH is 1. The Labute approximate surface area is 114 Å². The van der Waals surface area contributed by atoms with Gasteiger partial charge in [0.05, 0.1) is 30.9 Å². The van der Waals surface area contributed by atoms with Crippen molar-refractivity contribution in [3.63, 3.8) is 0 Å². The standard InChI is InChI=1S/C12H14N4O4/c1-20-11-6-8(2-3-10(11)16(18)19)9-7-12(13)15(14-9)4-5-17/h2-3,6-7,17H,4-5,13H2,1H3. The van der Waals surface area contributed by atoms with Crippen molar-refractivity contribution in [2.75, 3.05) is 19.5 Å². The van der Waals surface area contributed by atoms with E-state index >= 15 is 0 Å². The highest BCUT2D eigenvalue weighted by atomic mass is 16.6. The first-order valence-corrected chi connectivity index (χ1v) is 5.83. The highest BCUT2D eigenvalue weighted by Gasteiger charge is 2.16. The number of aromatic nitrogens is 2. The molecule has 0 saturated carbocycles. The van der Waals surface area contributed by atoms with Gasteiger partial charge in [-0.2, -0.15) is 5.10 Å². The fourth-order valence-electron chi connectivity index (χ4n) is 1.83. The minimum Gasteiger partial charge on any atom is -0.490 e. The van der Waals surface area contributed by atoms with Crippen molar-refractivity contribution in [3.8, 4) is 17.0 Å². The second kappa shape index (κ2) is 5.57. The normalized spacial score (nSPS) is 10.5. The summed E-state index contributed by atoms with van der Waals surface area (Å²) in [5.41, 5.74) is 6.86. The third-order valence-electron chi connectivity index (χ3n) is 2.80. The molecule has 0 spiro atoms. The lowest BCUT2D eigenvalue weighted by Gasteiger charge is -2.03. The highest BCUT2D eigenvalue weighted by Crippen LogP contribution is 2.32. The lowest BCUT2D eigenvalue weighted by molar-refractivity contribution is -0.385. The highest BCUT2D eigenvalue weighted by molar-refractivity contribution is 5.67. The van der Waals surface area contributed by atoms with Crippen LogP contribution in [-0.4, -0.2) is 33.5 Å². The molecule has 0 atom stereocenters. The van der Waals surface area contributed by atoms with Crippen LogP contribution >= 0.6 is 0 Å². The number of aliphatic hydroxyl groups is 1. The van der Waals surface area contributed by atoms with Gasteiger partial charge in [0.2, 0.25) is 0 Å². The van der Waals surface area contributed by atoms with Crippen molar-refractivity contribution in [2.45, 2.75) is 6.54 Å². The van der Waals surface area contributed by atoms with E-state index in [1.165, 1.54) is 23.9 Å². The second-order valence-electron chi connectivity index (χ2n) is 4.04. The van der Waals surface area contributed by atoms with Crippen molar-refractivity contribution < 1.29 is 14.8 Å². The van der Waals surface area contributed by atoms with Crippen LogP contribution in [0.5, 0.6) is 5.75 Å². The van der Waals surface area contributed by atoms with Crippen LogP contribution < -0.4 is 10.5 Å². The van der Waals surface area contributed by atoms with Crippen molar-refractivity contribution in [1.29, 1.82) is 0 Å². The van der Waals surface area contributed by atoms with Crippen molar-refractivity contribution >= 4 is 11.5 Å². The Morgan fingerprint density at radius 2 is 2.25 bits per heavy atom. The Kier molecular flexibility index (Phi) is 3.85. The van der Waals surface area contributed by atoms with Crippen molar-refractivity contribution in [3.05, 3.63) is 34.4 Å². The van der Waals surface area contributed by atoms with Crippen LogP contribution in [0.1, 0.15) is 0 Å². The largest absolute Gasteiger partial charge is 0.490 e. The van der Waals surface area contributed by atoms with E-state index in [0.29, 0.717) is 17.1 Å². The first-order chi connectivity index (χ1) is 9.56. The SMILES string of the molecule is COc1cc(-c2cc(N)n(CCO)n2)ccc1[N+](=O)[O-]. The molecule has 1 aromatic heterocycles. The molecule has 0 saturated heterocycles. The molecule has 1 heterocycles. The maximum atomic E-state index is 10.8. The first kappa shape index (κ1) is 13.8. The fraction of sp³-hybridized carbons (Fsp3) is 0.250. The Hall–Kier alpha value is -2.61. The summed E-state index contributed by atoms with van der Waals surface area (Å²) < 4.78 is 6.47. The number of nitrogen functional groups attached to an aromatic ring is 1. The van der Waals surface area contributed by atoms with Crippen molar-refractivity contribution in [1.82, 2.24) is 9.78 Å². The van der Waals surface area contributed by atoms with Gasteiger partial charge in [0.1, 0.15) is 5.82 Å². The fourth-order valence-corrected chi connectivity index (χ4v) is 1.83. The second-order valence-corrected chi connectivity index (χ2v) is 4.04. The van der Waals surface area contributed by atoms with Gasteiger partial charge in [-0.1, -0.05) is 0 Å². The number of nitro groups is 1. The molecule has 0 radical (unpaired) electrons. The molecule has 1 aromatic carbocycles. The molecule has 0 aliphatic rings. The molecule has 2 aromatic rings. The minimum absolute atomic E-state index is 0.0745. The summed E-state index contributed by atoms with van der Waals surface area (Å²) in [6.45, 7) is 0.213. The van der Waals surface area contributed by atoms with E-state index in [9.17, 15) is 10.1 Å². The number of rotatable bonds is 5. The van der Waals surface area contributed by atoms with Gasteiger partial charge >= 0.3 is 5.69 Å². The van der Waals surface area contributed by atoms with Crippen LogP contribution in [0.3, 0.4) is 0 Å². The molecule has 0 unspecified atom stereocenters. The zero-order chi connectivity index (χ0) is 14.7. The van der Waals surface area contributed by atoms with E-state index in [-0.39, 0.29) is 24.6 Å². The summed E-state index contributed by atoms with van der Waals surface area (Å²) in [5, 5.41) is 23.9. The lowest BCUT2D eigenvalue weighted by atomic mass is 10.1. The van der Waals surface area contributed by atoms with Gasteiger partial charge in [-0.15, -0.1) is 0 Å². The number of nitrogens with two attached hydrogens (primary N) is 1. The van der Waals surface area contributed by atoms with Gasteiger partial charge in [-0.3, -0.25) is 10.1 Å². The molecule has 8 heteroatoms. The summed E-state index contributed by atoms with van der Waals surface area (Å²) in [4.78, 5) is 10.3. The average molecular weight is 278 g/mol. The molecule has 0 fully saturated rings. The number of nitrogens with zero attached hydrogens (tertiary/aromatic N) is 3. The first-order valence-electron chi connectivity index (χ1n) is 5.83. The predicted molar refractivity (Wildman–Crippen MR) is 72.4 cm³/mol. The van der Waals surface area contributed by atoms with Gasteiger partial charge in [-0.25, -0.2) is 4.68 Å². The topological polar surface area (TPSA) is 116 Å². The number of anilines is 1. The molecule has 3 N–H and O–H groups in total. The van der Waals surface area contributed by atoms with E-state index in [2.05, 4.69) is 5.10 Å². The van der Waals surface area contributed by atoms with Crippen LogP contribution in [0.4, 0.5) is 11.5 Å². The number of benzene rings is 1. The van der Waals surface area contributed by atoms with Crippen LogP contribution in [0.2, 0.25) is 0 Å². The molecule has 106 valence electrons. The predicted octanol–water partition coefficient (Wildman–Crippen LogP) is 1.04. The number of ether oxygens (including phenoxy) is 1. The monoisotopic (exact) mass is 278 g/mol. The van der Waals surface area contributed by atoms with E-state index in [1.807, 2.05) is 0 Å². The number of hydrogen-bond acceptors (Lipinski definition) is 6. The summed E-state index contributed by atoms with van der Waals surface area (Å²) >= 11 is 0. The molecule has 20 heavy (non-hydrogen) atoms. The maximum Gasteiger partial charge on any atom is 0.310 e. The van der Waals surface area contributed by atoms with Gasteiger partial charge in [0.15, 0.2) is 5.75 Å². The molecule has 0 bridgehead atoms. The Bertz CT molecular complexity index is 638. The van der Waals surface area contributed by atoms with Gasteiger partial charge in [-0.05, 0) is 12.1 Å². The molecule has 0 aliphatic carbocycles. The van der Waals surface area contributed by atoms with Gasteiger partial charge in [0, 0.05) is 17.7 Å². The number of nitro benzene ring substituents is 1. The number of hydrogen-bond donors (Lipinski definition) is 2. The third kappa shape index (κ3) is 2.54. The summed E-state index contributed by atoms with van der Waals surface area (Å²) in [7, 11) is 1.37. The van der Waals surface area contributed by atoms with Gasteiger partial charge < -0.3 is 15.6 Å².